The van der Waals surface area contributed by atoms with Crippen molar-refractivity contribution >= 4 is 40.3 Å². The van der Waals surface area contributed by atoms with E-state index in [-0.39, 0.29) is 5.91 Å². The van der Waals surface area contributed by atoms with E-state index in [0.29, 0.717) is 28.1 Å². The first-order chi connectivity index (χ1) is 11.7. The van der Waals surface area contributed by atoms with Gasteiger partial charge in [-0.25, -0.2) is 0 Å². The van der Waals surface area contributed by atoms with E-state index in [2.05, 4.69) is 0 Å². The number of ether oxygens (including phenoxy) is 1. The molecule has 4 nitrogen and oxygen atoms in total. The van der Waals surface area contributed by atoms with Gasteiger partial charge in [-0.15, -0.1) is 0 Å². The predicted molar refractivity (Wildman–Crippen MR) is 97.4 cm³/mol. The van der Waals surface area contributed by atoms with Gasteiger partial charge in [0.15, 0.2) is 0 Å². The van der Waals surface area contributed by atoms with E-state index in [4.69, 9.17) is 21.4 Å². The van der Waals surface area contributed by atoms with Gasteiger partial charge in [0.1, 0.15) is 22.4 Å². The van der Waals surface area contributed by atoms with Crippen LogP contribution in [0.3, 0.4) is 0 Å². The molecule has 1 fully saturated rings. The van der Waals surface area contributed by atoms with Crippen LogP contribution in [0.1, 0.15) is 11.3 Å². The highest BCUT2D eigenvalue weighted by Gasteiger charge is 2.32. The number of nitrogens with zero attached hydrogens (tertiary/aromatic N) is 1. The molecule has 1 saturated heterocycles. The molecule has 1 aromatic carbocycles. The third-order valence-electron chi connectivity index (χ3n) is 3.74. The number of furan rings is 1. The number of amides is 1. The summed E-state index contributed by atoms with van der Waals surface area (Å²) in [6.07, 6.45) is 5.49. The molecule has 0 saturated carbocycles. The largest absolute Gasteiger partial charge is 0.488 e. The molecular formula is C18H13NO3S2. The molecule has 1 amide bonds. The summed E-state index contributed by atoms with van der Waals surface area (Å²) < 4.78 is 11.6. The fourth-order valence-electron chi connectivity index (χ4n) is 2.58. The van der Waals surface area contributed by atoms with Crippen LogP contribution in [0.5, 0.6) is 5.75 Å². The van der Waals surface area contributed by atoms with E-state index >= 15 is 0 Å². The summed E-state index contributed by atoms with van der Waals surface area (Å²) in [5.74, 6) is 1.47. The van der Waals surface area contributed by atoms with Gasteiger partial charge < -0.3 is 9.15 Å². The van der Waals surface area contributed by atoms with Gasteiger partial charge in [0, 0.05) is 5.56 Å². The number of carbonyl (C=O) groups excluding carboxylic acids is 1. The van der Waals surface area contributed by atoms with Crippen LogP contribution in [0.4, 0.5) is 0 Å². The highest BCUT2D eigenvalue weighted by Crippen LogP contribution is 2.34. The van der Waals surface area contributed by atoms with Gasteiger partial charge in [0.25, 0.3) is 5.91 Å². The van der Waals surface area contributed by atoms with Crippen molar-refractivity contribution in [2.75, 3.05) is 6.61 Å². The number of para-hydroxylation sites is 1. The Labute approximate surface area is 148 Å². The molecule has 2 aromatic rings. The summed E-state index contributed by atoms with van der Waals surface area (Å²) in [5, 5.41) is 0. The van der Waals surface area contributed by atoms with Gasteiger partial charge in [0.2, 0.25) is 0 Å². The minimum atomic E-state index is -0.0961. The average Bonchev–Trinajstić information content (AvgIpc) is 3.19. The van der Waals surface area contributed by atoms with Crippen molar-refractivity contribution in [1.29, 1.82) is 0 Å². The molecular weight excluding hydrogens is 342 g/mol. The molecule has 0 N–H and O–H groups in total. The maximum atomic E-state index is 12.6. The number of carbonyl (C=O) groups is 1. The third-order valence-corrected chi connectivity index (χ3v) is 5.12. The van der Waals surface area contributed by atoms with Crippen molar-refractivity contribution in [2.45, 2.75) is 6.54 Å². The Hall–Kier alpha value is -2.31. The number of benzene rings is 1. The molecule has 120 valence electrons. The minimum absolute atomic E-state index is 0.0961. The molecule has 3 heterocycles. The first-order valence-corrected chi connectivity index (χ1v) is 8.63. The smallest absolute Gasteiger partial charge is 0.266 e. The molecule has 0 radical (unpaired) electrons. The van der Waals surface area contributed by atoms with Crippen LogP contribution in [-0.2, 0) is 11.3 Å². The van der Waals surface area contributed by atoms with Gasteiger partial charge >= 0.3 is 0 Å². The number of thioether (sulfide) groups is 1. The Bertz CT molecular complexity index is 868. The average molecular weight is 355 g/mol. The quantitative estimate of drug-likeness (QED) is 0.615. The monoisotopic (exact) mass is 355 g/mol. The molecule has 24 heavy (non-hydrogen) atoms. The van der Waals surface area contributed by atoms with Gasteiger partial charge in [-0.3, -0.25) is 9.69 Å². The standard InChI is InChI=1S/C18H13NO3S2/c20-17-16(24-18(23)19(17)10-14-5-3-7-21-14)9-12-8-13-4-1-2-6-15(13)22-11-12/h1-9H,10-11H2/b16-9+. The van der Waals surface area contributed by atoms with Crippen LogP contribution in [-0.4, -0.2) is 21.7 Å². The Morgan fingerprint density at radius 1 is 1.25 bits per heavy atom. The molecule has 2 aliphatic heterocycles. The van der Waals surface area contributed by atoms with E-state index in [0.717, 1.165) is 16.9 Å². The van der Waals surface area contributed by atoms with E-state index < -0.39 is 0 Å². The molecule has 0 aliphatic carbocycles. The summed E-state index contributed by atoms with van der Waals surface area (Å²) in [6.45, 7) is 0.798. The maximum Gasteiger partial charge on any atom is 0.266 e. The van der Waals surface area contributed by atoms with Gasteiger partial charge in [-0.05, 0) is 35.9 Å². The van der Waals surface area contributed by atoms with Gasteiger partial charge in [-0.1, -0.05) is 42.2 Å². The zero-order chi connectivity index (χ0) is 16.5. The van der Waals surface area contributed by atoms with E-state index in [1.165, 1.54) is 11.8 Å². The van der Waals surface area contributed by atoms with Gasteiger partial charge in [-0.2, -0.15) is 0 Å². The fourth-order valence-corrected chi connectivity index (χ4v) is 3.85. The van der Waals surface area contributed by atoms with Crippen molar-refractivity contribution in [2.24, 2.45) is 0 Å². The Morgan fingerprint density at radius 2 is 2.12 bits per heavy atom. The van der Waals surface area contributed by atoms with Crippen LogP contribution in [0.25, 0.3) is 6.08 Å². The Balaban J connectivity index is 1.57. The van der Waals surface area contributed by atoms with Crippen LogP contribution < -0.4 is 4.74 Å². The van der Waals surface area contributed by atoms with Gasteiger partial charge in [0.05, 0.1) is 17.7 Å². The second-order valence-electron chi connectivity index (χ2n) is 5.39. The molecule has 1 aromatic heterocycles. The summed E-state index contributed by atoms with van der Waals surface area (Å²) >= 11 is 6.64. The number of rotatable bonds is 3. The van der Waals surface area contributed by atoms with Crippen LogP contribution in [0.2, 0.25) is 0 Å². The normalized spacial score (nSPS) is 18.6. The van der Waals surface area contributed by atoms with E-state index in [1.807, 2.05) is 42.5 Å². The first kappa shape index (κ1) is 15.2. The number of fused-ring (bicyclic) bond motifs is 1. The summed E-state index contributed by atoms with van der Waals surface area (Å²) in [7, 11) is 0. The number of hydrogen-bond acceptors (Lipinski definition) is 5. The zero-order valence-electron chi connectivity index (χ0n) is 12.6. The summed E-state index contributed by atoms with van der Waals surface area (Å²) in [5.41, 5.74) is 1.97. The van der Waals surface area contributed by atoms with Crippen LogP contribution in [0, 0.1) is 0 Å². The molecule has 0 bridgehead atoms. The molecule has 0 spiro atoms. The van der Waals surface area contributed by atoms with Crippen LogP contribution in [0.15, 0.2) is 63.6 Å². The predicted octanol–water partition coefficient (Wildman–Crippen LogP) is 4.00. The van der Waals surface area contributed by atoms with Crippen LogP contribution >= 0.6 is 24.0 Å². The topological polar surface area (TPSA) is 42.7 Å². The lowest BCUT2D eigenvalue weighted by molar-refractivity contribution is -0.122. The summed E-state index contributed by atoms with van der Waals surface area (Å²) in [6, 6.07) is 11.5. The first-order valence-electron chi connectivity index (χ1n) is 7.41. The highest BCUT2D eigenvalue weighted by molar-refractivity contribution is 8.26. The SMILES string of the molecule is O=C1/C(=C\C2=Cc3ccccc3OC2)SC(=S)N1Cc1ccco1. The fraction of sp³-hybridized carbons (Fsp3) is 0.111. The lowest BCUT2D eigenvalue weighted by Gasteiger charge is -2.16. The van der Waals surface area contributed by atoms with Crippen molar-refractivity contribution in [3.8, 4) is 5.75 Å². The molecule has 6 heteroatoms. The molecule has 0 atom stereocenters. The summed E-state index contributed by atoms with van der Waals surface area (Å²) in [4.78, 5) is 14.8. The second kappa shape index (κ2) is 6.30. The number of thiocarbonyl (C=S) groups is 1. The van der Waals surface area contributed by atoms with E-state index in [1.54, 1.807) is 17.2 Å². The molecule has 2 aliphatic rings. The van der Waals surface area contributed by atoms with Crippen molar-refractivity contribution in [1.82, 2.24) is 4.90 Å². The minimum Gasteiger partial charge on any atom is -0.488 e. The number of hydrogen-bond donors (Lipinski definition) is 0. The zero-order valence-corrected chi connectivity index (χ0v) is 14.2. The van der Waals surface area contributed by atoms with E-state index in [9.17, 15) is 4.79 Å². The molecule has 0 unspecified atom stereocenters. The third kappa shape index (κ3) is 2.90. The highest BCUT2D eigenvalue weighted by atomic mass is 32.2. The maximum absolute atomic E-state index is 12.6. The van der Waals surface area contributed by atoms with Crippen molar-refractivity contribution in [3.05, 3.63) is 70.5 Å². The second-order valence-corrected chi connectivity index (χ2v) is 7.07. The lowest BCUT2D eigenvalue weighted by atomic mass is 10.1. The van der Waals surface area contributed by atoms with Crippen molar-refractivity contribution < 1.29 is 13.9 Å². The molecule has 4 rings (SSSR count). The van der Waals surface area contributed by atoms with Crippen molar-refractivity contribution in [3.63, 3.8) is 0 Å². The Kier molecular flexibility index (Phi) is 4.00. The Morgan fingerprint density at radius 3 is 2.96 bits per heavy atom. The lowest BCUT2D eigenvalue weighted by Crippen LogP contribution is -2.27.